The minimum absolute atomic E-state index is 0.0491. The van der Waals surface area contributed by atoms with Gasteiger partial charge in [0.25, 0.3) is 0 Å². The molecule has 0 amide bonds. The van der Waals surface area contributed by atoms with E-state index in [9.17, 15) is 40.5 Å². The van der Waals surface area contributed by atoms with E-state index < -0.39 is 80.7 Å². The van der Waals surface area contributed by atoms with E-state index >= 15 is 0 Å². The van der Waals surface area contributed by atoms with Crippen LogP contribution in [0.3, 0.4) is 0 Å². The van der Waals surface area contributed by atoms with E-state index in [-0.39, 0.29) is 25.6 Å². The normalized spacial score (nSPS) is 25.5. The summed E-state index contributed by atoms with van der Waals surface area (Å²) >= 11 is 0. The molecular formula is C59H102O14. The van der Waals surface area contributed by atoms with Gasteiger partial charge in [-0.1, -0.05) is 177 Å². The standard InChI is InChI=1S/C59H102O14/c1-3-5-7-9-11-13-15-17-19-21-23-25-27-29-31-33-35-37-39-41-43-68-45-48(71-51(61)42-40-38-36-34-32-30-28-26-24-22-20-18-16-14-12-10-8-6-4-2)46-69-58-57(67)55(65)53(63)50(73-58)47-70-59-56(66)54(64)52(62)49(44-60)72-59/h5,7,11-14,17-20,23,25,48-50,52-60,62-67H,3-4,6,8-10,15-16,21-22,24,26-47H2,1-2H3/b7-5-,13-11-,14-12-,19-17-,20-18-,25-23-. The zero-order valence-electron chi connectivity index (χ0n) is 45.1. The summed E-state index contributed by atoms with van der Waals surface area (Å²) in [6, 6.07) is 0. The molecule has 2 aliphatic rings. The van der Waals surface area contributed by atoms with E-state index in [1.807, 2.05) is 0 Å². The number of aliphatic hydroxyl groups is 7. The Morgan fingerprint density at radius 3 is 1.40 bits per heavy atom. The van der Waals surface area contributed by atoms with Crippen LogP contribution in [0.1, 0.15) is 194 Å². The van der Waals surface area contributed by atoms with Gasteiger partial charge in [-0.05, 0) is 83.5 Å². The molecule has 0 radical (unpaired) electrons. The number of hydrogen-bond donors (Lipinski definition) is 7. The van der Waals surface area contributed by atoms with Crippen LogP contribution in [0.25, 0.3) is 0 Å². The molecule has 0 aromatic carbocycles. The van der Waals surface area contributed by atoms with Crippen molar-refractivity contribution >= 4 is 5.97 Å². The molecule has 0 aromatic heterocycles. The van der Waals surface area contributed by atoms with Crippen molar-refractivity contribution in [1.29, 1.82) is 0 Å². The summed E-state index contributed by atoms with van der Waals surface area (Å²) in [5, 5.41) is 72.3. The monoisotopic (exact) mass is 1030 g/mol. The Bertz CT molecular complexity index is 1480. The maximum absolute atomic E-state index is 13.1. The van der Waals surface area contributed by atoms with Crippen molar-refractivity contribution in [2.45, 2.75) is 261 Å². The van der Waals surface area contributed by atoms with Crippen molar-refractivity contribution in [2.75, 3.05) is 33.0 Å². The quantitative estimate of drug-likeness (QED) is 0.0172. The average molecular weight is 1040 g/mol. The van der Waals surface area contributed by atoms with Gasteiger partial charge in [0.1, 0.15) is 54.9 Å². The van der Waals surface area contributed by atoms with Crippen LogP contribution in [0, 0.1) is 0 Å². The second-order valence-corrected chi connectivity index (χ2v) is 19.7. The molecule has 2 aliphatic heterocycles. The minimum atomic E-state index is -1.71. The molecule has 11 unspecified atom stereocenters. The van der Waals surface area contributed by atoms with Crippen LogP contribution in [0.15, 0.2) is 72.9 Å². The largest absolute Gasteiger partial charge is 0.457 e. The maximum atomic E-state index is 13.1. The summed E-state index contributed by atoms with van der Waals surface area (Å²) in [6.45, 7) is 3.52. The summed E-state index contributed by atoms with van der Waals surface area (Å²) in [5.74, 6) is -0.386. The zero-order valence-corrected chi connectivity index (χ0v) is 45.1. The van der Waals surface area contributed by atoms with E-state index in [1.165, 1.54) is 77.0 Å². The molecule has 0 aromatic rings. The first-order valence-electron chi connectivity index (χ1n) is 28.5. The molecule has 0 bridgehead atoms. The Hall–Kier alpha value is -2.57. The fourth-order valence-electron chi connectivity index (χ4n) is 8.60. The first-order chi connectivity index (χ1) is 35.6. The summed E-state index contributed by atoms with van der Waals surface area (Å²) < 4.78 is 34.4. The fraction of sp³-hybridized carbons (Fsp3) is 0.780. The summed E-state index contributed by atoms with van der Waals surface area (Å²) in [4.78, 5) is 13.1. The number of carbonyl (C=O) groups is 1. The Kier molecular flexibility index (Phi) is 41.6. The molecule has 2 saturated heterocycles. The van der Waals surface area contributed by atoms with Gasteiger partial charge in [0.15, 0.2) is 12.6 Å². The Morgan fingerprint density at radius 2 is 0.890 bits per heavy atom. The van der Waals surface area contributed by atoms with Crippen LogP contribution < -0.4 is 0 Å². The number of esters is 1. The lowest BCUT2D eigenvalue weighted by Gasteiger charge is -2.42. The van der Waals surface area contributed by atoms with E-state index in [0.29, 0.717) is 13.0 Å². The van der Waals surface area contributed by atoms with Gasteiger partial charge in [0.2, 0.25) is 0 Å². The van der Waals surface area contributed by atoms with Gasteiger partial charge >= 0.3 is 5.97 Å². The fourth-order valence-corrected chi connectivity index (χ4v) is 8.60. The topological polar surface area (TPSA) is 214 Å². The van der Waals surface area contributed by atoms with Gasteiger partial charge in [-0.15, -0.1) is 0 Å². The number of unbranched alkanes of at least 4 members (excludes halogenated alkanes) is 19. The highest BCUT2D eigenvalue weighted by molar-refractivity contribution is 5.69. The van der Waals surface area contributed by atoms with Crippen molar-refractivity contribution in [1.82, 2.24) is 0 Å². The number of aliphatic hydroxyl groups excluding tert-OH is 7. The average Bonchev–Trinajstić information content (AvgIpc) is 3.39. The molecule has 0 aliphatic carbocycles. The summed E-state index contributed by atoms with van der Waals surface area (Å²) in [7, 11) is 0. The molecule has 11 atom stereocenters. The SMILES string of the molecule is CC/C=C\C/C=C\C/C=C\C/C=C\CCCCCCCCCOCC(COC1OC(COC2OC(CO)C(O)C(O)C2O)C(O)C(O)C1O)OC(=O)CCCCCCCCCCC/C=C\C/C=C\CCCCC. The Morgan fingerprint density at radius 1 is 0.466 bits per heavy atom. The molecular weight excluding hydrogens is 933 g/mol. The van der Waals surface area contributed by atoms with Crippen molar-refractivity contribution in [3.8, 4) is 0 Å². The van der Waals surface area contributed by atoms with Crippen LogP contribution >= 0.6 is 0 Å². The van der Waals surface area contributed by atoms with Crippen molar-refractivity contribution < 1.29 is 69.0 Å². The highest BCUT2D eigenvalue weighted by atomic mass is 16.7. The number of carbonyl (C=O) groups excluding carboxylic acids is 1. The lowest BCUT2D eigenvalue weighted by molar-refractivity contribution is -0.332. The molecule has 0 spiro atoms. The van der Waals surface area contributed by atoms with Gasteiger partial charge in [-0.25, -0.2) is 0 Å². The maximum Gasteiger partial charge on any atom is 0.306 e. The third kappa shape index (κ3) is 32.6. The molecule has 73 heavy (non-hydrogen) atoms. The van der Waals surface area contributed by atoms with E-state index in [1.54, 1.807) is 0 Å². The molecule has 422 valence electrons. The number of hydrogen-bond acceptors (Lipinski definition) is 14. The predicted molar refractivity (Wildman–Crippen MR) is 289 cm³/mol. The summed E-state index contributed by atoms with van der Waals surface area (Å²) in [5.41, 5.74) is 0. The van der Waals surface area contributed by atoms with Crippen molar-refractivity contribution in [2.24, 2.45) is 0 Å². The van der Waals surface area contributed by atoms with Gasteiger partial charge in [0.05, 0.1) is 26.4 Å². The highest BCUT2D eigenvalue weighted by Crippen LogP contribution is 2.26. The molecule has 14 heteroatoms. The van der Waals surface area contributed by atoms with Crippen LogP contribution in [0.2, 0.25) is 0 Å². The predicted octanol–water partition coefficient (Wildman–Crippen LogP) is 9.86. The van der Waals surface area contributed by atoms with E-state index in [0.717, 1.165) is 89.9 Å². The second-order valence-electron chi connectivity index (χ2n) is 19.7. The smallest absolute Gasteiger partial charge is 0.306 e. The van der Waals surface area contributed by atoms with Crippen LogP contribution in [0.4, 0.5) is 0 Å². The first kappa shape index (κ1) is 66.5. The van der Waals surface area contributed by atoms with Crippen molar-refractivity contribution in [3.63, 3.8) is 0 Å². The number of ether oxygens (including phenoxy) is 6. The molecule has 2 rings (SSSR count). The molecule has 2 fully saturated rings. The minimum Gasteiger partial charge on any atom is -0.457 e. The number of rotatable bonds is 45. The molecule has 14 nitrogen and oxygen atoms in total. The lowest BCUT2D eigenvalue weighted by Crippen LogP contribution is -2.61. The zero-order chi connectivity index (χ0) is 53.0. The van der Waals surface area contributed by atoms with Gasteiger partial charge < -0.3 is 64.2 Å². The molecule has 2 heterocycles. The van der Waals surface area contributed by atoms with E-state index in [2.05, 4.69) is 86.8 Å². The third-order valence-corrected chi connectivity index (χ3v) is 13.2. The lowest BCUT2D eigenvalue weighted by atomic mass is 9.98. The molecule has 7 N–H and O–H groups in total. The summed E-state index contributed by atoms with van der Waals surface area (Å²) in [6.07, 6.45) is 40.9. The van der Waals surface area contributed by atoms with Gasteiger partial charge in [-0.3, -0.25) is 4.79 Å². The second kappa shape index (κ2) is 45.6. The van der Waals surface area contributed by atoms with Gasteiger partial charge in [0, 0.05) is 13.0 Å². The first-order valence-corrected chi connectivity index (χ1v) is 28.5. The van der Waals surface area contributed by atoms with Crippen LogP contribution in [-0.2, 0) is 33.2 Å². The van der Waals surface area contributed by atoms with E-state index in [4.69, 9.17) is 28.4 Å². The highest BCUT2D eigenvalue weighted by Gasteiger charge is 2.47. The van der Waals surface area contributed by atoms with Crippen LogP contribution in [0.5, 0.6) is 0 Å². The molecule has 0 saturated carbocycles. The number of allylic oxidation sites excluding steroid dienone is 12. The third-order valence-electron chi connectivity index (χ3n) is 13.2. The Labute approximate surface area is 440 Å². The Balaban J connectivity index is 1.74. The van der Waals surface area contributed by atoms with Crippen LogP contribution in [-0.4, -0.2) is 142 Å². The van der Waals surface area contributed by atoms with Gasteiger partial charge in [-0.2, -0.15) is 0 Å². The van der Waals surface area contributed by atoms with Crippen molar-refractivity contribution in [3.05, 3.63) is 72.9 Å².